The average molecular weight is 427 g/mol. The number of carbonyl (C=O) groups is 2. The summed E-state index contributed by atoms with van der Waals surface area (Å²) in [4.78, 5) is 26.8. The average Bonchev–Trinajstić information content (AvgIpc) is 2.71. The number of nitrogens with one attached hydrogen (secondary N) is 1. The number of ether oxygens (including phenoxy) is 1. The highest BCUT2D eigenvalue weighted by molar-refractivity contribution is 6.31. The number of alkyl halides is 2. The Morgan fingerprint density at radius 1 is 1.17 bits per heavy atom. The molecule has 1 aliphatic rings. The predicted molar refractivity (Wildman–Crippen MR) is 102 cm³/mol. The third kappa shape index (κ3) is 5.00. The van der Waals surface area contributed by atoms with Crippen molar-refractivity contribution >= 4 is 29.1 Å². The lowest BCUT2D eigenvalue weighted by molar-refractivity contribution is -0.121. The second-order valence-electron chi connectivity index (χ2n) is 6.56. The Morgan fingerprint density at radius 3 is 2.69 bits per heavy atom. The molecule has 1 fully saturated rings. The number of likely N-dealkylation sites (tertiary alicyclic amines) is 1. The lowest BCUT2D eigenvalue weighted by atomic mass is 9.96. The number of anilines is 1. The number of nitrogens with zero attached hydrogens (tertiary/aromatic N) is 1. The van der Waals surface area contributed by atoms with E-state index in [1.165, 1.54) is 41.3 Å². The van der Waals surface area contributed by atoms with Gasteiger partial charge in [0.1, 0.15) is 5.75 Å². The van der Waals surface area contributed by atoms with Gasteiger partial charge in [0.2, 0.25) is 5.91 Å². The van der Waals surface area contributed by atoms with Gasteiger partial charge in [0.15, 0.2) is 5.82 Å². The Labute approximate surface area is 170 Å². The molecule has 3 rings (SSSR count). The lowest BCUT2D eigenvalue weighted by Gasteiger charge is -2.32. The van der Waals surface area contributed by atoms with Gasteiger partial charge < -0.3 is 15.0 Å². The minimum Gasteiger partial charge on any atom is -0.434 e. The molecule has 1 atom stereocenters. The summed E-state index contributed by atoms with van der Waals surface area (Å²) >= 11 is 5.72. The number of para-hydroxylation sites is 1. The fourth-order valence-corrected chi connectivity index (χ4v) is 3.40. The number of hydrogen-bond acceptors (Lipinski definition) is 3. The Kier molecular flexibility index (Phi) is 6.64. The second kappa shape index (κ2) is 9.17. The third-order valence-electron chi connectivity index (χ3n) is 4.62. The van der Waals surface area contributed by atoms with Crippen LogP contribution in [0.2, 0.25) is 5.02 Å². The third-order valence-corrected chi connectivity index (χ3v) is 4.91. The highest BCUT2D eigenvalue weighted by Crippen LogP contribution is 2.27. The molecule has 1 N–H and O–H groups in total. The van der Waals surface area contributed by atoms with Crippen LogP contribution in [0.15, 0.2) is 42.5 Å². The molecule has 5 nitrogen and oxygen atoms in total. The molecular formula is C20H18ClF3N2O3. The molecule has 0 spiro atoms. The van der Waals surface area contributed by atoms with E-state index in [2.05, 4.69) is 10.1 Å². The summed E-state index contributed by atoms with van der Waals surface area (Å²) in [6.45, 7) is -2.61. The van der Waals surface area contributed by atoms with Crippen LogP contribution in [0, 0.1) is 11.7 Å². The molecule has 0 bridgehead atoms. The summed E-state index contributed by atoms with van der Waals surface area (Å²) in [5, 5.41) is 2.39. The number of halogens is 4. The number of rotatable bonds is 5. The topological polar surface area (TPSA) is 58.6 Å². The van der Waals surface area contributed by atoms with Crippen molar-refractivity contribution in [1.82, 2.24) is 4.90 Å². The van der Waals surface area contributed by atoms with E-state index in [0.717, 1.165) is 0 Å². The van der Waals surface area contributed by atoms with E-state index in [-0.39, 0.29) is 28.6 Å². The molecule has 1 heterocycles. The summed E-state index contributed by atoms with van der Waals surface area (Å²) in [5.41, 5.74) is -0.0450. The van der Waals surface area contributed by atoms with Crippen molar-refractivity contribution in [3.05, 3.63) is 58.9 Å². The Hall–Kier alpha value is -2.74. The summed E-state index contributed by atoms with van der Waals surface area (Å²) in [6, 6.07) is 9.98. The number of hydrogen-bond donors (Lipinski definition) is 1. The largest absolute Gasteiger partial charge is 0.434 e. The van der Waals surface area contributed by atoms with Gasteiger partial charge in [-0.1, -0.05) is 29.8 Å². The molecule has 154 valence electrons. The van der Waals surface area contributed by atoms with Gasteiger partial charge in [-0.2, -0.15) is 8.78 Å². The second-order valence-corrected chi connectivity index (χ2v) is 6.96. The van der Waals surface area contributed by atoms with Gasteiger partial charge in [-0.05, 0) is 37.1 Å². The zero-order valence-corrected chi connectivity index (χ0v) is 16.0. The van der Waals surface area contributed by atoms with Crippen LogP contribution in [-0.2, 0) is 4.79 Å². The van der Waals surface area contributed by atoms with Crippen molar-refractivity contribution in [1.29, 1.82) is 0 Å². The molecule has 0 saturated carbocycles. The first-order chi connectivity index (χ1) is 13.9. The van der Waals surface area contributed by atoms with Crippen LogP contribution in [0.25, 0.3) is 0 Å². The summed E-state index contributed by atoms with van der Waals surface area (Å²) in [7, 11) is 0. The molecule has 1 saturated heterocycles. The molecule has 1 aliphatic heterocycles. The van der Waals surface area contributed by atoms with Crippen molar-refractivity contribution in [2.45, 2.75) is 19.5 Å². The fraction of sp³-hybridized carbons (Fsp3) is 0.300. The fourth-order valence-electron chi connectivity index (χ4n) is 3.22. The van der Waals surface area contributed by atoms with Crippen LogP contribution in [-0.4, -0.2) is 36.4 Å². The summed E-state index contributed by atoms with van der Waals surface area (Å²) < 4.78 is 43.6. The van der Waals surface area contributed by atoms with Crippen molar-refractivity contribution in [3.8, 4) is 5.75 Å². The molecule has 1 unspecified atom stereocenters. The van der Waals surface area contributed by atoms with Crippen LogP contribution in [0.1, 0.15) is 23.2 Å². The van der Waals surface area contributed by atoms with Gasteiger partial charge in [0, 0.05) is 13.1 Å². The van der Waals surface area contributed by atoms with Gasteiger partial charge in [0.05, 0.1) is 22.2 Å². The van der Waals surface area contributed by atoms with Crippen LogP contribution in [0.5, 0.6) is 5.75 Å². The van der Waals surface area contributed by atoms with Gasteiger partial charge in [-0.3, -0.25) is 9.59 Å². The van der Waals surface area contributed by atoms with Crippen molar-refractivity contribution in [3.63, 3.8) is 0 Å². The maximum absolute atomic E-state index is 14.0. The first kappa shape index (κ1) is 21.0. The van der Waals surface area contributed by atoms with Gasteiger partial charge in [-0.25, -0.2) is 4.39 Å². The zero-order chi connectivity index (χ0) is 21.0. The summed E-state index contributed by atoms with van der Waals surface area (Å²) in [6.07, 6.45) is 1.05. The van der Waals surface area contributed by atoms with E-state index in [1.807, 2.05) is 0 Å². The van der Waals surface area contributed by atoms with Crippen molar-refractivity contribution in [2.24, 2.45) is 5.92 Å². The smallest absolute Gasteiger partial charge is 0.387 e. The van der Waals surface area contributed by atoms with Gasteiger partial charge in [0.25, 0.3) is 5.91 Å². The Balaban J connectivity index is 1.71. The number of carbonyl (C=O) groups excluding carboxylic acids is 2. The molecule has 29 heavy (non-hydrogen) atoms. The molecule has 2 amide bonds. The lowest BCUT2D eigenvalue weighted by Crippen LogP contribution is -2.44. The quantitative estimate of drug-likeness (QED) is 0.761. The van der Waals surface area contributed by atoms with Crippen LogP contribution < -0.4 is 10.1 Å². The highest BCUT2D eigenvalue weighted by Gasteiger charge is 2.30. The first-order valence-electron chi connectivity index (χ1n) is 8.95. The van der Waals surface area contributed by atoms with E-state index >= 15 is 0 Å². The molecule has 0 aliphatic carbocycles. The van der Waals surface area contributed by atoms with E-state index < -0.39 is 30.2 Å². The molecule has 9 heteroatoms. The maximum atomic E-state index is 14.0. The normalized spacial score (nSPS) is 16.6. The van der Waals surface area contributed by atoms with E-state index in [4.69, 9.17) is 11.6 Å². The Morgan fingerprint density at radius 2 is 1.93 bits per heavy atom. The van der Waals surface area contributed by atoms with Crippen LogP contribution in [0.3, 0.4) is 0 Å². The molecule has 2 aromatic carbocycles. The standard InChI is InChI=1S/C20H18ClF3N2O3/c21-14-7-3-8-15(17(14)22)25-18(27)12-5-4-10-26(11-12)19(28)13-6-1-2-9-16(13)29-20(23)24/h1-3,6-9,12,20H,4-5,10-11H2,(H,25,27). The van der Waals surface area contributed by atoms with Gasteiger partial charge in [-0.15, -0.1) is 0 Å². The zero-order valence-electron chi connectivity index (χ0n) is 15.2. The molecular weight excluding hydrogens is 409 g/mol. The van der Waals surface area contributed by atoms with E-state index in [0.29, 0.717) is 19.4 Å². The van der Waals surface area contributed by atoms with Gasteiger partial charge >= 0.3 is 6.61 Å². The van der Waals surface area contributed by atoms with Crippen molar-refractivity contribution < 1.29 is 27.5 Å². The molecule has 2 aromatic rings. The number of amides is 2. The highest BCUT2D eigenvalue weighted by atomic mass is 35.5. The molecule has 0 radical (unpaired) electrons. The Bertz CT molecular complexity index is 910. The minimum atomic E-state index is -3.06. The predicted octanol–water partition coefficient (Wildman–Crippen LogP) is 4.57. The van der Waals surface area contributed by atoms with E-state index in [9.17, 15) is 22.8 Å². The monoisotopic (exact) mass is 426 g/mol. The number of benzene rings is 2. The van der Waals surface area contributed by atoms with Crippen LogP contribution in [0.4, 0.5) is 18.9 Å². The van der Waals surface area contributed by atoms with Crippen molar-refractivity contribution in [2.75, 3.05) is 18.4 Å². The summed E-state index contributed by atoms with van der Waals surface area (Å²) in [5.74, 6) is -2.48. The minimum absolute atomic E-state index is 0.00487. The maximum Gasteiger partial charge on any atom is 0.387 e. The number of piperidine rings is 1. The SMILES string of the molecule is O=C(Nc1cccc(Cl)c1F)C1CCCN(C(=O)c2ccccc2OC(F)F)C1. The first-order valence-corrected chi connectivity index (χ1v) is 9.32. The molecule has 0 aromatic heterocycles. The van der Waals surface area contributed by atoms with Crippen LogP contribution >= 0.6 is 11.6 Å². The van der Waals surface area contributed by atoms with E-state index in [1.54, 1.807) is 6.07 Å².